The van der Waals surface area contributed by atoms with E-state index in [1.807, 2.05) is 54.6 Å². The Morgan fingerprint density at radius 2 is 1.62 bits per heavy atom. The SMILES string of the molecule is CC(C)c1ccc(C(=O)OCC(=O)Nc2cccc3ccccc23)cc1. The molecule has 0 radical (unpaired) electrons. The van der Waals surface area contributed by atoms with E-state index >= 15 is 0 Å². The van der Waals surface area contributed by atoms with Crippen molar-refractivity contribution in [1.29, 1.82) is 0 Å². The molecule has 0 unspecified atom stereocenters. The molecule has 1 amide bonds. The molecule has 3 aromatic rings. The summed E-state index contributed by atoms with van der Waals surface area (Å²) in [6, 6.07) is 20.7. The van der Waals surface area contributed by atoms with E-state index in [-0.39, 0.29) is 12.5 Å². The number of anilines is 1. The quantitative estimate of drug-likeness (QED) is 0.677. The zero-order chi connectivity index (χ0) is 18.5. The first-order valence-corrected chi connectivity index (χ1v) is 8.59. The van der Waals surface area contributed by atoms with E-state index in [1.165, 1.54) is 0 Å². The number of esters is 1. The molecule has 3 aromatic carbocycles. The van der Waals surface area contributed by atoms with Crippen molar-refractivity contribution in [2.75, 3.05) is 11.9 Å². The van der Waals surface area contributed by atoms with E-state index in [2.05, 4.69) is 19.2 Å². The lowest BCUT2D eigenvalue weighted by Crippen LogP contribution is -2.21. The smallest absolute Gasteiger partial charge is 0.338 e. The summed E-state index contributed by atoms with van der Waals surface area (Å²) in [6.45, 7) is 3.85. The maximum absolute atomic E-state index is 12.1. The largest absolute Gasteiger partial charge is 0.452 e. The molecule has 0 aliphatic carbocycles. The molecule has 0 atom stereocenters. The first-order chi connectivity index (χ1) is 12.5. The van der Waals surface area contributed by atoms with E-state index < -0.39 is 5.97 Å². The van der Waals surface area contributed by atoms with Gasteiger partial charge in [0.25, 0.3) is 5.91 Å². The van der Waals surface area contributed by atoms with Crippen molar-refractivity contribution >= 4 is 28.3 Å². The lowest BCUT2D eigenvalue weighted by Gasteiger charge is -2.10. The second-order valence-electron chi connectivity index (χ2n) is 6.43. The summed E-state index contributed by atoms with van der Waals surface area (Å²) in [4.78, 5) is 24.2. The normalized spacial score (nSPS) is 10.7. The molecule has 0 aliphatic rings. The molecule has 0 saturated heterocycles. The van der Waals surface area contributed by atoms with Crippen LogP contribution in [0.5, 0.6) is 0 Å². The summed E-state index contributed by atoms with van der Waals surface area (Å²) in [6.07, 6.45) is 0. The molecule has 0 heterocycles. The summed E-state index contributed by atoms with van der Waals surface area (Å²) in [5.41, 5.74) is 2.29. The van der Waals surface area contributed by atoms with Crippen LogP contribution in [-0.2, 0) is 9.53 Å². The zero-order valence-electron chi connectivity index (χ0n) is 14.9. The highest BCUT2D eigenvalue weighted by atomic mass is 16.5. The monoisotopic (exact) mass is 347 g/mol. The van der Waals surface area contributed by atoms with E-state index in [9.17, 15) is 9.59 Å². The van der Waals surface area contributed by atoms with Crippen LogP contribution in [0.15, 0.2) is 66.7 Å². The molecule has 132 valence electrons. The predicted octanol–water partition coefficient (Wildman–Crippen LogP) is 4.76. The van der Waals surface area contributed by atoms with Gasteiger partial charge < -0.3 is 10.1 Å². The van der Waals surface area contributed by atoms with Gasteiger partial charge in [0.05, 0.1) is 5.56 Å². The van der Waals surface area contributed by atoms with E-state index in [0.29, 0.717) is 17.2 Å². The van der Waals surface area contributed by atoms with Gasteiger partial charge in [-0.25, -0.2) is 4.79 Å². The van der Waals surface area contributed by atoms with Crippen molar-refractivity contribution in [3.63, 3.8) is 0 Å². The van der Waals surface area contributed by atoms with Crippen LogP contribution < -0.4 is 5.32 Å². The van der Waals surface area contributed by atoms with Gasteiger partial charge in [0, 0.05) is 11.1 Å². The van der Waals surface area contributed by atoms with Crippen LogP contribution in [0.1, 0.15) is 35.7 Å². The first-order valence-electron chi connectivity index (χ1n) is 8.59. The number of fused-ring (bicyclic) bond motifs is 1. The van der Waals surface area contributed by atoms with Gasteiger partial charge in [0.2, 0.25) is 0 Å². The average molecular weight is 347 g/mol. The topological polar surface area (TPSA) is 55.4 Å². The fraction of sp³-hybridized carbons (Fsp3) is 0.182. The van der Waals surface area contributed by atoms with Crippen molar-refractivity contribution < 1.29 is 14.3 Å². The Hall–Kier alpha value is -3.14. The summed E-state index contributed by atoms with van der Waals surface area (Å²) in [5, 5.41) is 4.78. The van der Waals surface area contributed by atoms with Crippen LogP contribution in [-0.4, -0.2) is 18.5 Å². The van der Waals surface area contributed by atoms with Crippen LogP contribution in [0.2, 0.25) is 0 Å². The molecule has 26 heavy (non-hydrogen) atoms. The number of hydrogen-bond acceptors (Lipinski definition) is 3. The minimum atomic E-state index is -0.506. The number of carbonyl (C=O) groups excluding carboxylic acids is 2. The fourth-order valence-corrected chi connectivity index (χ4v) is 2.74. The van der Waals surface area contributed by atoms with E-state index in [0.717, 1.165) is 16.3 Å². The second kappa shape index (κ2) is 7.83. The van der Waals surface area contributed by atoms with E-state index in [1.54, 1.807) is 12.1 Å². The Labute approximate surface area is 152 Å². The Balaban J connectivity index is 1.60. The molecule has 0 aromatic heterocycles. The third-order valence-electron chi connectivity index (χ3n) is 4.21. The minimum absolute atomic E-state index is 0.325. The molecule has 0 bridgehead atoms. The number of nitrogens with one attached hydrogen (secondary N) is 1. The predicted molar refractivity (Wildman–Crippen MR) is 103 cm³/mol. The summed E-state index contributed by atoms with van der Waals surface area (Å²) in [5.74, 6) is -0.478. The van der Waals surface area contributed by atoms with Gasteiger partial charge in [-0.2, -0.15) is 0 Å². The van der Waals surface area contributed by atoms with Gasteiger partial charge in [-0.3, -0.25) is 4.79 Å². The minimum Gasteiger partial charge on any atom is -0.452 e. The Morgan fingerprint density at radius 1 is 0.923 bits per heavy atom. The van der Waals surface area contributed by atoms with Gasteiger partial charge >= 0.3 is 5.97 Å². The van der Waals surface area contributed by atoms with Gasteiger partial charge in [-0.1, -0.05) is 62.4 Å². The number of hydrogen-bond donors (Lipinski definition) is 1. The maximum atomic E-state index is 12.1. The Bertz CT molecular complexity index is 924. The van der Waals surface area contributed by atoms with Crippen LogP contribution in [0.4, 0.5) is 5.69 Å². The molecule has 0 spiro atoms. The molecule has 0 aliphatic heterocycles. The summed E-state index contributed by atoms with van der Waals surface area (Å²) in [7, 11) is 0. The standard InChI is InChI=1S/C22H21NO3/c1-15(2)16-10-12-18(13-11-16)22(25)26-14-21(24)23-20-9-5-7-17-6-3-4-8-19(17)20/h3-13,15H,14H2,1-2H3,(H,23,24). The molecular formula is C22H21NO3. The molecule has 0 saturated carbocycles. The highest BCUT2D eigenvalue weighted by Crippen LogP contribution is 2.22. The molecule has 1 N–H and O–H groups in total. The van der Waals surface area contributed by atoms with E-state index in [4.69, 9.17) is 4.74 Å². The van der Waals surface area contributed by atoms with Crippen LogP contribution in [0, 0.1) is 0 Å². The number of amides is 1. The maximum Gasteiger partial charge on any atom is 0.338 e. The summed E-state index contributed by atoms with van der Waals surface area (Å²) < 4.78 is 5.12. The van der Waals surface area contributed by atoms with Crippen LogP contribution in [0.25, 0.3) is 10.8 Å². The zero-order valence-corrected chi connectivity index (χ0v) is 14.9. The van der Waals surface area contributed by atoms with Crippen LogP contribution in [0.3, 0.4) is 0 Å². The average Bonchev–Trinajstić information content (AvgIpc) is 2.66. The fourth-order valence-electron chi connectivity index (χ4n) is 2.74. The highest BCUT2D eigenvalue weighted by molar-refractivity contribution is 6.03. The molecule has 3 rings (SSSR count). The second-order valence-corrected chi connectivity index (χ2v) is 6.43. The van der Waals surface area contributed by atoms with Gasteiger partial charge in [0.1, 0.15) is 0 Å². The summed E-state index contributed by atoms with van der Waals surface area (Å²) >= 11 is 0. The van der Waals surface area contributed by atoms with Gasteiger partial charge in [-0.15, -0.1) is 0 Å². The Kier molecular flexibility index (Phi) is 5.32. The van der Waals surface area contributed by atoms with Crippen LogP contribution >= 0.6 is 0 Å². The highest BCUT2D eigenvalue weighted by Gasteiger charge is 2.12. The third kappa shape index (κ3) is 4.09. The van der Waals surface area contributed by atoms with Crippen molar-refractivity contribution in [1.82, 2.24) is 0 Å². The lowest BCUT2D eigenvalue weighted by molar-refractivity contribution is -0.119. The van der Waals surface area contributed by atoms with Gasteiger partial charge in [-0.05, 0) is 35.1 Å². The Morgan fingerprint density at radius 3 is 2.35 bits per heavy atom. The number of ether oxygens (including phenoxy) is 1. The van der Waals surface area contributed by atoms with Crippen molar-refractivity contribution in [3.05, 3.63) is 77.9 Å². The molecular weight excluding hydrogens is 326 g/mol. The molecule has 0 fully saturated rings. The molecule has 4 heteroatoms. The molecule has 4 nitrogen and oxygen atoms in total. The first kappa shape index (κ1) is 17.7. The number of carbonyl (C=O) groups is 2. The number of benzene rings is 3. The van der Waals surface area contributed by atoms with Crippen molar-refractivity contribution in [3.8, 4) is 0 Å². The van der Waals surface area contributed by atoms with Gasteiger partial charge in [0.15, 0.2) is 6.61 Å². The van der Waals surface area contributed by atoms with Crippen molar-refractivity contribution in [2.24, 2.45) is 0 Å². The lowest BCUT2D eigenvalue weighted by atomic mass is 10.0. The number of rotatable bonds is 5. The van der Waals surface area contributed by atoms with Crippen molar-refractivity contribution in [2.45, 2.75) is 19.8 Å². The third-order valence-corrected chi connectivity index (χ3v) is 4.21.